The lowest BCUT2D eigenvalue weighted by Crippen LogP contribution is -2.15. The molecule has 1 aliphatic carbocycles. The topological polar surface area (TPSA) is 73.2 Å². The summed E-state index contributed by atoms with van der Waals surface area (Å²) in [5.74, 6) is -0.118. The van der Waals surface area contributed by atoms with E-state index in [1.807, 2.05) is 31.2 Å². The number of anilines is 1. The monoisotopic (exact) mass is 427 g/mol. The molecule has 0 radical (unpaired) electrons. The van der Waals surface area contributed by atoms with Crippen molar-refractivity contribution in [1.29, 1.82) is 0 Å². The lowest BCUT2D eigenvalue weighted by molar-refractivity contribution is -0.137. The van der Waals surface area contributed by atoms with E-state index in [0.29, 0.717) is 18.4 Å². The molecule has 6 nitrogen and oxygen atoms in total. The second kappa shape index (κ2) is 10.5. The summed E-state index contributed by atoms with van der Waals surface area (Å²) in [6, 6.07) is 7.84. The Morgan fingerprint density at radius 3 is 2.60 bits per heavy atom. The zero-order chi connectivity index (χ0) is 21.5. The fraction of sp³-hybridized carbons (Fsp3) is 0.435. The maximum absolute atomic E-state index is 12.4. The summed E-state index contributed by atoms with van der Waals surface area (Å²) in [5.41, 5.74) is 3.83. The third kappa shape index (κ3) is 5.75. The molecule has 1 aromatic heterocycles. The molecule has 7 heteroatoms. The number of aromatic nitrogens is 2. The number of esters is 1. The lowest BCUT2D eigenvalue weighted by Gasteiger charge is -2.16. The van der Waals surface area contributed by atoms with Crippen molar-refractivity contribution in [3.8, 4) is 0 Å². The quantitative estimate of drug-likeness (QED) is 0.368. The van der Waals surface area contributed by atoms with E-state index in [0.717, 1.165) is 22.1 Å². The fourth-order valence-electron chi connectivity index (χ4n) is 3.65. The summed E-state index contributed by atoms with van der Waals surface area (Å²) in [4.78, 5) is 28.5. The summed E-state index contributed by atoms with van der Waals surface area (Å²) in [5, 5.41) is 3.86. The van der Waals surface area contributed by atoms with Gasteiger partial charge in [-0.25, -0.2) is 9.78 Å². The molecule has 1 amide bonds. The van der Waals surface area contributed by atoms with Crippen LogP contribution in [0.4, 0.5) is 5.69 Å². The van der Waals surface area contributed by atoms with Gasteiger partial charge in [0.15, 0.2) is 5.16 Å². The minimum absolute atomic E-state index is 0.0638. The van der Waals surface area contributed by atoms with Crippen LogP contribution in [0.3, 0.4) is 0 Å². The molecule has 0 aliphatic heterocycles. The summed E-state index contributed by atoms with van der Waals surface area (Å²) >= 11 is 1.49. The zero-order valence-corrected chi connectivity index (χ0v) is 18.6. The summed E-state index contributed by atoms with van der Waals surface area (Å²) in [6.07, 6.45) is 7.98. The summed E-state index contributed by atoms with van der Waals surface area (Å²) < 4.78 is 7.19. The maximum atomic E-state index is 12.4. The van der Waals surface area contributed by atoms with Crippen LogP contribution in [0.2, 0.25) is 0 Å². The van der Waals surface area contributed by atoms with Crippen LogP contribution in [0.15, 0.2) is 35.5 Å². The Balaban J connectivity index is 1.55. The lowest BCUT2D eigenvalue weighted by atomic mass is 10.2. The number of nitrogens with one attached hydrogen (secondary N) is 1. The number of carbonyl (C=O) groups is 2. The number of carbonyl (C=O) groups excluding carboxylic acids is 2. The van der Waals surface area contributed by atoms with E-state index in [2.05, 4.69) is 16.8 Å². The molecule has 0 spiro atoms. The first-order valence-corrected chi connectivity index (χ1v) is 11.4. The number of hydrogen-bond acceptors (Lipinski definition) is 5. The van der Waals surface area contributed by atoms with Gasteiger partial charge in [0.05, 0.1) is 18.1 Å². The molecular formula is C23H29N3O3S. The highest BCUT2D eigenvalue weighted by atomic mass is 32.2. The molecule has 2 aromatic rings. The van der Waals surface area contributed by atoms with E-state index >= 15 is 0 Å². The number of rotatable bonds is 8. The van der Waals surface area contributed by atoms with Gasteiger partial charge in [-0.1, -0.05) is 36.7 Å². The van der Waals surface area contributed by atoms with Gasteiger partial charge in [0, 0.05) is 23.5 Å². The molecule has 1 fully saturated rings. The van der Waals surface area contributed by atoms with Crippen LogP contribution < -0.4 is 5.32 Å². The van der Waals surface area contributed by atoms with E-state index in [1.54, 1.807) is 13.0 Å². The molecule has 0 unspecified atom stereocenters. The molecule has 1 aliphatic rings. The van der Waals surface area contributed by atoms with Gasteiger partial charge in [-0.15, -0.1) is 0 Å². The SMILES string of the molecule is CCOC(=O)/C=C/c1ccc(NC(=O)CSc2nc(C)c(C)n2C2CCCC2)cc1. The third-order valence-corrected chi connectivity index (χ3v) is 6.22. The van der Waals surface area contributed by atoms with Gasteiger partial charge in [-0.2, -0.15) is 0 Å². The van der Waals surface area contributed by atoms with Crippen molar-refractivity contribution in [3.63, 3.8) is 0 Å². The van der Waals surface area contributed by atoms with E-state index in [-0.39, 0.29) is 11.9 Å². The normalized spacial score (nSPS) is 14.4. The predicted molar refractivity (Wildman–Crippen MR) is 121 cm³/mol. The van der Waals surface area contributed by atoms with Crippen molar-refractivity contribution in [2.75, 3.05) is 17.7 Å². The largest absolute Gasteiger partial charge is 0.463 e. The van der Waals surface area contributed by atoms with Crippen molar-refractivity contribution in [2.24, 2.45) is 0 Å². The number of benzene rings is 1. The smallest absolute Gasteiger partial charge is 0.330 e. The van der Waals surface area contributed by atoms with Gasteiger partial charge in [0.1, 0.15) is 0 Å². The van der Waals surface area contributed by atoms with Gasteiger partial charge >= 0.3 is 5.97 Å². The second-order valence-electron chi connectivity index (χ2n) is 7.42. The Morgan fingerprint density at radius 1 is 1.23 bits per heavy atom. The van der Waals surface area contributed by atoms with Crippen molar-refractivity contribution in [1.82, 2.24) is 9.55 Å². The highest BCUT2D eigenvalue weighted by Crippen LogP contribution is 2.35. The van der Waals surface area contributed by atoms with E-state index in [1.165, 1.54) is 49.2 Å². The van der Waals surface area contributed by atoms with Gasteiger partial charge in [0.2, 0.25) is 5.91 Å². The first-order valence-electron chi connectivity index (χ1n) is 10.4. The molecule has 30 heavy (non-hydrogen) atoms. The molecule has 0 atom stereocenters. The molecule has 1 aromatic carbocycles. The van der Waals surface area contributed by atoms with Crippen molar-refractivity contribution in [2.45, 2.75) is 57.7 Å². The van der Waals surface area contributed by atoms with Gasteiger partial charge < -0.3 is 14.6 Å². The molecule has 160 valence electrons. The van der Waals surface area contributed by atoms with Gasteiger partial charge in [-0.05, 0) is 57.4 Å². The highest BCUT2D eigenvalue weighted by Gasteiger charge is 2.23. The standard InChI is InChI=1S/C23H29N3O3S/c1-4-29-22(28)14-11-18-9-12-19(13-10-18)25-21(27)15-30-23-24-16(2)17(3)26(23)20-7-5-6-8-20/h9-14,20H,4-8,15H2,1-3H3,(H,25,27)/b14-11+. The van der Waals surface area contributed by atoms with Gasteiger partial charge in [0.25, 0.3) is 0 Å². The molecular weight excluding hydrogens is 398 g/mol. The summed E-state index contributed by atoms with van der Waals surface area (Å²) in [7, 11) is 0. The molecule has 0 saturated heterocycles. The number of imidazole rings is 1. The van der Waals surface area contributed by atoms with Crippen LogP contribution >= 0.6 is 11.8 Å². The van der Waals surface area contributed by atoms with Crippen LogP contribution in [-0.2, 0) is 14.3 Å². The summed E-state index contributed by atoms with van der Waals surface area (Å²) in [6.45, 7) is 6.27. The number of nitrogens with zero attached hydrogens (tertiary/aromatic N) is 2. The molecule has 3 rings (SSSR count). The number of amides is 1. The first kappa shape index (κ1) is 22.2. The Kier molecular flexibility index (Phi) is 7.74. The first-order chi connectivity index (χ1) is 14.5. The fourth-order valence-corrected chi connectivity index (χ4v) is 4.61. The molecule has 1 N–H and O–H groups in total. The maximum Gasteiger partial charge on any atom is 0.330 e. The molecule has 1 saturated carbocycles. The highest BCUT2D eigenvalue weighted by molar-refractivity contribution is 7.99. The second-order valence-corrected chi connectivity index (χ2v) is 8.36. The third-order valence-electron chi connectivity index (χ3n) is 5.27. The van der Waals surface area contributed by atoms with Crippen molar-refractivity contribution in [3.05, 3.63) is 47.3 Å². The zero-order valence-electron chi connectivity index (χ0n) is 17.8. The average molecular weight is 428 g/mol. The minimum atomic E-state index is -0.367. The molecule has 1 heterocycles. The predicted octanol–water partition coefficient (Wildman–Crippen LogP) is 4.92. The van der Waals surface area contributed by atoms with Gasteiger partial charge in [-0.3, -0.25) is 4.79 Å². The number of aryl methyl sites for hydroxylation is 1. The van der Waals surface area contributed by atoms with Crippen molar-refractivity contribution < 1.29 is 14.3 Å². The Hall–Kier alpha value is -2.54. The average Bonchev–Trinajstić information content (AvgIpc) is 3.34. The van der Waals surface area contributed by atoms with Crippen LogP contribution in [0.5, 0.6) is 0 Å². The van der Waals surface area contributed by atoms with E-state index in [4.69, 9.17) is 9.72 Å². The number of ether oxygens (including phenoxy) is 1. The number of thioether (sulfide) groups is 1. The number of hydrogen-bond donors (Lipinski definition) is 1. The Bertz CT molecular complexity index is 913. The minimum Gasteiger partial charge on any atom is -0.463 e. The van der Waals surface area contributed by atoms with Crippen molar-refractivity contribution >= 4 is 35.4 Å². The van der Waals surface area contributed by atoms with Crippen LogP contribution in [0, 0.1) is 13.8 Å². The molecule has 0 bridgehead atoms. The van der Waals surface area contributed by atoms with E-state index in [9.17, 15) is 9.59 Å². The Labute approximate surface area is 182 Å². The van der Waals surface area contributed by atoms with E-state index < -0.39 is 0 Å². The Morgan fingerprint density at radius 2 is 1.93 bits per heavy atom. The van der Waals surface area contributed by atoms with Crippen LogP contribution in [0.25, 0.3) is 6.08 Å². The van der Waals surface area contributed by atoms with Crippen LogP contribution in [-0.4, -0.2) is 33.8 Å². The van der Waals surface area contributed by atoms with Crippen LogP contribution in [0.1, 0.15) is 55.6 Å².